The molecule has 0 aliphatic carbocycles. The fourth-order valence-corrected chi connectivity index (χ4v) is 2.95. The number of imide groups is 1. The highest BCUT2D eigenvalue weighted by Crippen LogP contribution is 2.35. The number of nitrogens with zero attached hydrogens (tertiary/aromatic N) is 1. The quantitative estimate of drug-likeness (QED) is 0.850. The number of benzene rings is 2. The fourth-order valence-electron chi connectivity index (χ4n) is 2.95. The summed E-state index contributed by atoms with van der Waals surface area (Å²) < 4.78 is 10.5. The molecular weight excluding hydrogens is 320 g/mol. The number of rotatable bonds is 5. The average molecular weight is 340 g/mol. The van der Waals surface area contributed by atoms with Gasteiger partial charge in [0.15, 0.2) is 11.5 Å². The van der Waals surface area contributed by atoms with E-state index in [1.54, 1.807) is 32.2 Å². The van der Waals surface area contributed by atoms with Crippen LogP contribution in [-0.4, -0.2) is 31.1 Å². The van der Waals surface area contributed by atoms with Crippen LogP contribution in [0.5, 0.6) is 11.5 Å². The molecule has 0 spiro atoms. The van der Waals surface area contributed by atoms with E-state index in [2.05, 4.69) is 5.32 Å². The highest BCUT2D eigenvalue weighted by Gasteiger charge is 2.49. The van der Waals surface area contributed by atoms with E-state index in [-0.39, 0.29) is 12.5 Å². The number of nitrogens with one attached hydrogen (secondary N) is 1. The van der Waals surface area contributed by atoms with E-state index in [4.69, 9.17) is 9.47 Å². The normalized spacial score (nSPS) is 19.7. The molecule has 25 heavy (non-hydrogen) atoms. The van der Waals surface area contributed by atoms with E-state index in [0.29, 0.717) is 17.1 Å². The molecule has 0 bridgehead atoms. The Kier molecular flexibility index (Phi) is 4.35. The molecule has 1 aliphatic rings. The molecule has 3 rings (SSSR count). The second-order valence-corrected chi connectivity index (χ2v) is 6.00. The molecule has 3 amide bonds. The highest BCUT2D eigenvalue weighted by atomic mass is 16.5. The van der Waals surface area contributed by atoms with Gasteiger partial charge >= 0.3 is 6.03 Å². The van der Waals surface area contributed by atoms with Crippen LogP contribution in [0, 0.1) is 0 Å². The Morgan fingerprint density at radius 2 is 1.68 bits per heavy atom. The maximum Gasteiger partial charge on any atom is 0.325 e. The molecular formula is C19H20N2O4. The van der Waals surface area contributed by atoms with Gasteiger partial charge in [0, 0.05) is 0 Å². The second kappa shape index (κ2) is 6.47. The van der Waals surface area contributed by atoms with E-state index >= 15 is 0 Å². The zero-order valence-electron chi connectivity index (χ0n) is 14.4. The number of hydrogen-bond donors (Lipinski definition) is 1. The van der Waals surface area contributed by atoms with Crippen molar-refractivity contribution in [3.8, 4) is 11.5 Å². The summed E-state index contributed by atoms with van der Waals surface area (Å²) in [5.41, 5.74) is 0.382. The molecule has 0 unspecified atom stereocenters. The lowest BCUT2D eigenvalue weighted by molar-refractivity contribution is -0.131. The Balaban J connectivity index is 1.92. The predicted molar refractivity (Wildman–Crippen MR) is 92.4 cm³/mol. The van der Waals surface area contributed by atoms with Gasteiger partial charge in [-0.2, -0.15) is 0 Å². The number of carbonyl (C=O) groups is 2. The van der Waals surface area contributed by atoms with Crippen LogP contribution >= 0.6 is 0 Å². The van der Waals surface area contributed by atoms with Crippen LogP contribution < -0.4 is 14.8 Å². The van der Waals surface area contributed by atoms with Crippen molar-refractivity contribution in [3.63, 3.8) is 0 Å². The third-order valence-corrected chi connectivity index (χ3v) is 4.42. The predicted octanol–water partition coefficient (Wildman–Crippen LogP) is 2.67. The number of urea groups is 1. The molecule has 2 aromatic carbocycles. The lowest BCUT2D eigenvalue weighted by Gasteiger charge is -2.23. The first-order valence-electron chi connectivity index (χ1n) is 7.90. The first kappa shape index (κ1) is 16.8. The van der Waals surface area contributed by atoms with E-state index in [1.165, 1.54) is 12.0 Å². The minimum atomic E-state index is -1.15. The van der Waals surface area contributed by atoms with Gasteiger partial charge in [-0.05, 0) is 30.2 Å². The SMILES string of the molecule is COc1ccc([C@@]2(C)NC(=O)N(Cc3ccccc3)C2=O)cc1OC. The fraction of sp³-hybridized carbons (Fsp3) is 0.263. The van der Waals surface area contributed by atoms with Crippen molar-refractivity contribution in [2.24, 2.45) is 0 Å². The summed E-state index contributed by atoms with van der Waals surface area (Å²) >= 11 is 0. The molecule has 1 N–H and O–H groups in total. The van der Waals surface area contributed by atoms with Gasteiger partial charge in [0.25, 0.3) is 5.91 Å². The number of amides is 3. The third kappa shape index (κ3) is 2.91. The number of methoxy groups -OCH3 is 2. The molecule has 6 nitrogen and oxygen atoms in total. The molecule has 2 aromatic rings. The highest BCUT2D eigenvalue weighted by molar-refractivity contribution is 6.07. The van der Waals surface area contributed by atoms with Crippen LogP contribution in [0.3, 0.4) is 0 Å². The van der Waals surface area contributed by atoms with Gasteiger partial charge in [-0.3, -0.25) is 9.69 Å². The Morgan fingerprint density at radius 1 is 1.00 bits per heavy atom. The third-order valence-electron chi connectivity index (χ3n) is 4.42. The lowest BCUT2D eigenvalue weighted by atomic mass is 9.91. The Bertz CT molecular complexity index is 806. The summed E-state index contributed by atoms with van der Waals surface area (Å²) in [6.45, 7) is 1.92. The van der Waals surface area contributed by atoms with E-state index in [0.717, 1.165) is 5.56 Å². The van der Waals surface area contributed by atoms with Crippen LogP contribution in [-0.2, 0) is 16.9 Å². The molecule has 1 fully saturated rings. The van der Waals surface area contributed by atoms with Crippen molar-refractivity contribution in [1.82, 2.24) is 10.2 Å². The van der Waals surface area contributed by atoms with Crippen molar-refractivity contribution < 1.29 is 19.1 Å². The second-order valence-electron chi connectivity index (χ2n) is 6.00. The summed E-state index contributed by atoms with van der Waals surface area (Å²) in [5.74, 6) is 0.770. The van der Waals surface area contributed by atoms with Crippen LogP contribution in [0.2, 0.25) is 0 Å². The first-order valence-corrected chi connectivity index (χ1v) is 7.90. The molecule has 0 saturated carbocycles. The molecule has 6 heteroatoms. The van der Waals surface area contributed by atoms with Crippen LogP contribution in [0.1, 0.15) is 18.1 Å². The van der Waals surface area contributed by atoms with Crippen molar-refractivity contribution in [3.05, 3.63) is 59.7 Å². The molecule has 1 heterocycles. The van der Waals surface area contributed by atoms with Gasteiger partial charge in [-0.1, -0.05) is 36.4 Å². The minimum Gasteiger partial charge on any atom is -0.493 e. The summed E-state index contributed by atoms with van der Waals surface area (Å²) in [6, 6.07) is 14.2. The van der Waals surface area contributed by atoms with E-state index in [9.17, 15) is 9.59 Å². The van der Waals surface area contributed by atoms with Crippen LogP contribution in [0.4, 0.5) is 4.79 Å². The number of ether oxygens (including phenoxy) is 2. The van der Waals surface area contributed by atoms with Crippen LogP contribution in [0.15, 0.2) is 48.5 Å². The maximum atomic E-state index is 13.0. The van der Waals surface area contributed by atoms with Gasteiger partial charge in [0.05, 0.1) is 20.8 Å². The molecule has 1 aliphatic heterocycles. The largest absolute Gasteiger partial charge is 0.493 e. The van der Waals surface area contributed by atoms with Crippen molar-refractivity contribution >= 4 is 11.9 Å². The van der Waals surface area contributed by atoms with E-state index in [1.807, 2.05) is 30.3 Å². The van der Waals surface area contributed by atoms with E-state index < -0.39 is 11.6 Å². The van der Waals surface area contributed by atoms with Gasteiger partial charge in [0.1, 0.15) is 5.54 Å². The number of carbonyl (C=O) groups excluding carboxylic acids is 2. The summed E-state index contributed by atoms with van der Waals surface area (Å²) in [5, 5.41) is 2.80. The summed E-state index contributed by atoms with van der Waals surface area (Å²) in [6.07, 6.45) is 0. The van der Waals surface area contributed by atoms with Crippen molar-refractivity contribution in [1.29, 1.82) is 0 Å². The first-order chi connectivity index (χ1) is 12.0. The van der Waals surface area contributed by atoms with Gasteiger partial charge in [0.2, 0.25) is 0 Å². The van der Waals surface area contributed by atoms with Crippen molar-refractivity contribution in [2.75, 3.05) is 14.2 Å². The molecule has 0 aromatic heterocycles. The Hall–Kier alpha value is -3.02. The smallest absolute Gasteiger partial charge is 0.325 e. The zero-order valence-corrected chi connectivity index (χ0v) is 14.4. The number of hydrogen-bond acceptors (Lipinski definition) is 4. The topological polar surface area (TPSA) is 67.9 Å². The Labute approximate surface area is 146 Å². The molecule has 1 atom stereocenters. The summed E-state index contributed by atoms with van der Waals surface area (Å²) in [7, 11) is 3.07. The van der Waals surface area contributed by atoms with Gasteiger partial charge < -0.3 is 14.8 Å². The summed E-state index contributed by atoms with van der Waals surface area (Å²) in [4.78, 5) is 26.6. The Morgan fingerprint density at radius 3 is 2.32 bits per heavy atom. The van der Waals surface area contributed by atoms with Crippen molar-refractivity contribution in [2.45, 2.75) is 19.0 Å². The average Bonchev–Trinajstić information content (AvgIpc) is 2.86. The lowest BCUT2D eigenvalue weighted by Crippen LogP contribution is -2.40. The van der Waals surface area contributed by atoms with Gasteiger partial charge in [-0.25, -0.2) is 4.79 Å². The molecule has 130 valence electrons. The molecule has 0 radical (unpaired) electrons. The monoisotopic (exact) mass is 340 g/mol. The van der Waals surface area contributed by atoms with Crippen LogP contribution in [0.25, 0.3) is 0 Å². The maximum absolute atomic E-state index is 13.0. The minimum absolute atomic E-state index is 0.231. The zero-order chi connectivity index (χ0) is 18.0. The standard InChI is InChI=1S/C19H20N2O4/c1-19(14-9-10-15(24-2)16(11-14)25-3)17(22)21(18(23)20-19)12-13-7-5-4-6-8-13/h4-11H,12H2,1-3H3,(H,20,23)/t19-/m1/s1. The van der Waals surface area contributed by atoms with Gasteiger partial charge in [-0.15, -0.1) is 0 Å². The molecule has 1 saturated heterocycles.